The Morgan fingerprint density at radius 3 is 1.83 bits per heavy atom. The average molecular weight is 605 g/mol. The number of anilines is 1. The molecule has 0 bridgehead atoms. The number of hydrogen-bond donors (Lipinski definition) is 1. The molecule has 0 saturated carbocycles. The van der Waals surface area contributed by atoms with Gasteiger partial charge in [-0.3, -0.25) is 0 Å². The Morgan fingerprint density at radius 2 is 1.09 bits per heavy atom. The first-order valence-electron chi connectivity index (χ1n) is 15.7. The van der Waals surface area contributed by atoms with Gasteiger partial charge in [0.15, 0.2) is 17.5 Å². The van der Waals surface area contributed by atoms with Crippen molar-refractivity contribution in [1.82, 2.24) is 15.0 Å². The fourth-order valence-corrected chi connectivity index (χ4v) is 6.36. The highest BCUT2D eigenvalue weighted by molar-refractivity contribution is 6.03. The van der Waals surface area contributed by atoms with Crippen molar-refractivity contribution in [1.29, 1.82) is 0 Å². The SMILES string of the molecule is C1=Cc2c(oc3cccc(-c4nc(-c5ccc(-c6ccc(-c7ccccc7)cc6)cc5)nc(-c5ccc6ccccc6c5)n4)c23)NC1. The Morgan fingerprint density at radius 1 is 0.489 bits per heavy atom. The molecule has 5 heteroatoms. The summed E-state index contributed by atoms with van der Waals surface area (Å²) >= 11 is 0. The van der Waals surface area contributed by atoms with Gasteiger partial charge in [0.25, 0.3) is 0 Å². The minimum absolute atomic E-state index is 0.604. The fraction of sp³-hybridized carbons (Fsp3) is 0.0238. The molecule has 0 aliphatic carbocycles. The molecule has 0 amide bonds. The largest absolute Gasteiger partial charge is 0.440 e. The lowest BCUT2D eigenvalue weighted by Crippen LogP contribution is -2.02. The highest BCUT2D eigenvalue weighted by Crippen LogP contribution is 2.39. The second-order valence-corrected chi connectivity index (χ2v) is 11.7. The lowest BCUT2D eigenvalue weighted by atomic mass is 9.99. The van der Waals surface area contributed by atoms with E-state index in [0.29, 0.717) is 17.5 Å². The van der Waals surface area contributed by atoms with Crippen LogP contribution in [-0.4, -0.2) is 21.5 Å². The van der Waals surface area contributed by atoms with Crippen molar-refractivity contribution in [3.63, 3.8) is 0 Å². The summed E-state index contributed by atoms with van der Waals surface area (Å²) in [6.45, 7) is 0.733. The van der Waals surface area contributed by atoms with Crippen molar-refractivity contribution in [2.75, 3.05) is 11.9 Å². The summed E-state index contributed by atoms with van der Waals surface area (Å²) in [5.41, 5.74) is 9.26. The molecule has 222 valence electrons. The molecule has 0 spiro atoms. The van der Waals surface area contributed by atoms with Crippen molar-refractivity contribution in [2.24, 2.45) is 0 Å². The number of benzene rings is 6. The Bertz CT molecular complexity index is 2440. The molecular weight excluding hydrogens is 576 g/mol. The summed E-state index contributed by atoms with van der Waals surface area (Å²) in [6, 6.07) is 48.3. The third kappa shape index (κ3) is 4.95. The fourth-order valence-electron chi connectivity index (χ4n) is 6.36. The van der Waals surface area contributed by atoms with Crippen LogP contribution in [0.25, 0.3) is 84.2 Å². The molecular formula is C42H28N4O. The van der Waals surface area contributed by atoms with Crippen LogP contribution in [0.4, 0.5) is 5.88 Å². The van der Waals surface area contributed by atoms with Crippen LogP contribution in [0.2, 0.25) is 0 Å². The third-order valence-electron chi connectivity index (χ3n) is 8.77. The van der Waals surface area contributed by atoms with Crippen LogP contribution in [-0.2, 0) is 0 Å². The molecule has 3 heterocycles. The van der Waals surface area contributed by atoms with Gasteiger partial charge in [-0.25, -0.2) is 15.0 Å². The first-order chi connectivity index (χ1) is 23.3. The minimum atomic E-state index is 0.604. The summed E-state index contributed by atoms with van der Waals surface area (Å²) in [5.74, 6) is 2.62. The van der Waals surface area contributed by atoms with Crippen molar-refractivity contribution in [3.05, 3.63) is 151 Å². The first kappa shape index (κ1) is 27.0. The Balaban J connectivity index is 1.15. The molecule has 0 saturated heterocycles. The van der Waals surface area contributed by atoms with Gasteiger partial charge >= 0.3 is 0 Å². The van der Waals surface area contributed by atoms with Crippen LogP contribution in [0, 0.1) is 0 Å². The van der Waals surface area contributed by atoms with Gasteiger partial charge in [0.1, 0.15) is 5.58 Å². The van der Waals surface area contributed by atoms with Crippen molar-refractivity contribution in [2.45, 2.75) is 0 Å². The van der Waals surface area contributed by atoms with E-state index in [-0.39, 0.29) is 0 Å². The van der Waals surface area contributed by atoms with E-state index in [1.54, 1.807) is 0 Å². The molecule has 1 aliphatic rings. The van der Waals surface area contributed by atoms with E-state index in [4.69, 9.17) is 19.4 Å². The molecule has 8 aromatic rings. The normalized spacial score (nSPS) is 12.3. The van der Waals surface area contributed by atoms with E-state index in [9.17, 15) is 0 Å². The van der Waals surface area contributed by atoms with Crippen molar-refractivity contribution in [3.8, 4) is 56.4 Å². The van der Waals surface area contributed by atoms with Crippen LogP contribution in [0.15, 0.2) is 150 Å². The summed E-state index contributed by atoms with van der Waals surface area (Å²) < 4.78 is 6.18. The van der Waals surface area contributed by atoms with Gasteiger partial charge in [-0.2, -0.15) is 0 Å². The standard InChI is InChI=1S/C42H28N4O/c1-2-8-27(9-3-1)29-15-17-30(18-16-29)31-19-22-32(23-20-31)39-44-40(34-24-21-28-10-4-5-11-33(28)26-34)46-41(45-39)35-12-6-14-37-38(35)36-13-7-25-43-42(36)47-37/h1-24,26,43H,25H2. The molecule has 5 nitrogen and oxygen atoms in total. The maximum Gasteiger partial charge on any atom is 0.201 e. The van der Waals surface area contributed by atoms with Crippen molar-refractivity contribution < 1.29 is 4.42 Å². The van der Waals surface area contributed by atoms with Crippen LogP contribution in [0.5, 0.6) is 0 Å². The Hall–Kier alpha value is -6.33. The number of nitrogens with one attached hydrogen (secondary N) is 1. The lowest BCUT2D eigenvalue weighted by Gasteiger charge is -2.11. The summed E-state index contributed by atoms with van der Waals surface area (Å²) in [4.78, 5) is 15.2. The molecule has 6 aromatic carbocycles. The molecule has 9 rings (SSSR count). The summed E-state index contributed by atoms with van der Waals surface area (Å²) in [7, 11) is 0. The number of nitrogens with zero attached hydrogens (tertiary/aromatic N) is 3. The Labute approximate surface area is 271 Å². The molecule has 2 aromatic heterocycles. The first-order valence-corrected chi connectivity index (χ1v) is 15.7. The van der Waals surface area contributed by atoms with Crippen LogP contribution in [0.3, 0.4) is 0 Å². The highest BCUT2D eigenvalue weighted by Gasteiger charge is 2.21. The van der Waals surface area contributed by atoms with Gasteiger partial charge in [0.05, 0.1) is 0 Å². The smallest absolute Gasteiger partial charge is 0.201 e. The monoisotopic (exact) mass is 604 g/mol. The van der Waals surface area contributed by atoms with E-state index < -0.39 is 0 Å². The molecule has 1 N–H and O–H groups in total. The molecule has 0 radical (unpaired) electrons. The minimum Gasteiger partial charge on any atom is -0.440 e. The molecule has 1 aliphatic heterocycles. The van der Waals surface area contributed by atoms with Gasteiger partial charge in [-0.05, 0) is 45.2 Å². The van der Waals surface area contributed by atoms with Crippen LogP contribution < -0.4 is 5.32 Å². The molecule has 0 fully saturated rings. The van der Waals surface area contributed by atoms with Crippen LogP contribution in [0.1, 0.15) is 5.56 Å². The zero-order valence-corrected chi connectivity index (χ0v) is 25.4. The van der Waals surface area contributed by atoms with E-state index in [1.165, 1.54) is 16.5 Å². The predicted octanol–water partition coefficient (Wildman–Crippen LogP) is 10.5. The van der Waals surface area contributed by atoms with Gasteiger partial charge < -0.3 is 9.73 Å². The van der Waals surface area contributed by atoms with E-state index in [0.717, 1.165) is 62.2 Å². The van der Waals surface area contributed by atoms with Gasteiger partial charge in [0.2, 0.25) is 5.88 Å². The number of fused-ring (bicyclic) bond motifs is 4. The third-order valence-corrected chi connectivity index (χ3v) is 8.77. The van der Waals surface area contributed by atoms with Gasteiger partial charge in [-0.1, -0.05) is 140 Å². The molecule has 0 unspecified atom stereocenters. The number of rotatable bonds is 5. The van der Waals surface area contributed by atoms with Crippen LogP contribution >= 0.6 is 0 Å². The van der Waals surface area contributed by atoms with Gasteiger partial charge in [-0.15, -0.1) is 0 Å². The van der Waals surface area contributed by atoms with E-state index in [1.807, 2.05) is 18.2 Å². The quantitative estimate of drug-likeness (QED) is 0.212. The zero-order valence-electron chi connectivity index (χ0n) is 25.4. The van der Waals surface area contributed by atoms with Gasteiger partial charge in [0, 0.05) is 34.2 Å². The second kappa shape index (κ2) is 11.2. The van der Waals surface area contributed by atoms with E-state index in [2.05, 4.69) is 139 Å². The highest BCUT2D eigenvalue weighted by atomic mass is 16.3. The lowest BCUT2D eigenvalue weighted by molar-refractivity contribution is 0.628. The summed E-state index contributed by atoms with van der Waals surface area (Å²) in [6.07, 6.45) is 4.21. The Kier molecular flexibility index (Phi) is 6.46. The zero-order chi connectivity index (χ0) is 31.2. The maximum atomic E-state index is 6.18. The average Bonchev–Trinajstić information content (AvgIpc) is 3.54. The molecule has 47 heavy (non-hydrogen) atoms. The summed E-state index contributed by atoms with van der Waals surface area (Å²) in [5, 5.41) is 6.64. The maximum absolute atomic E-state index is 6.18. The number of hydrogen-bond acceptors (Lipinski definition) is 5. The van der Waals surface area contributed by atoms with Crippen molar-refractivity contribution >= 4 is 33.7 Å². The number of furan rings is 1. The topological polar surface area (TPSA) is 63.8 Å². The predicted molar refractivity (Wildman–Crippen MR) is 192 cm³/mol. The van der Waals surface area contributed by atoms with E-state index >= 15 is 0 Å². The molecule has 0 atom stereocenters. The number of aromatic nitrogens is 3. The second-order valence-electron chi connectivity index (χ2n) is 11.7.